The van der Waals surface area contributed by atoms with Crippen molar-refractivity contribution in [2.75, 3.05) is 11.9 Å². The van der Waals surface area contributed by atoms with Crippen LogP contribution in [0.4, 0.5) is 5.69 Å². The van der Waals surface area contributed by atoms with E-state index < -0.39 is 27.9 Å². The molecule has 1 aromatic heterocycles. The summed E-state index contributed by atoms with van der Waals surface area (Å²) >= 11 is 0. The largest absolute Gasteiger partial charge is 0.462 e. The van der Waals surface area contributed by atoms with Gasteiger partial charge < -0.3 is 15.0 Å². The van der Waals surface area contributed by atoms with Crippen LogP contribution in [0.5, 0.6) is 0 Å². The topological polar surface area (TPSA) is 130 Å². The molecule has 3 N–H and O–H groups in total. The fourth-order valence-electron chi connectivity index (χ4n) is 3.62. The first-order chi connectivity index (χ1) is 17.7. The molecule has 0 radical (unpaired) electrons. The third kappa shape index (κ3) is 6.81. The molecule has 1 atom stereocenters. The zero-order valence-corrected chi connectivity index (χ0v) is 21.3. The lowest BCUT2D eigenvalue weighted by molar-refractivity contribution is -0.117. The average molecular weight is 521 g/mol. The van der Waals surface area contributed by atoms with E-state index in [0.29, 0.717) is 24.1 Å². The lowest BCUT2D eigenvalue weighted by Gasteiger charge is -2.15. The van der Waals surface area contributed by atoms with Crippen LogP contribution in [0.3, 0.4) is 0 Å². The second-order valence-corrected chi connectivity index (χ2v) is 10.4. The summed E-state index contributed by atoms with van der Waals surface area (Å²) in [5.74, 6) is -0.161. The second kappa shape index (κ2) is 11.4. The van der Waals surface area contributed by atoms with Crippen molar-refractivity contribution in [3.63, 3.8) is 0 Å². The summed E-state index contributed by atoms with van der Waals surface area (Å²) in [6.07, 6.45) is 1.27. The first-order valence-electron chi connectivity index (χ1n) is 11.8. The van der Waals surface area contributed by atoms with Crippen LogP contribution in [0.25, 0.3) is 11.0 Å². The second-order valence-electron chi connectivity index (χ2n) is 8.66. The Morgan fingerprint density at radius 1 is 1.00 bits per heavy atom. The summed E-state index contributed by atoms with van der Waals surface area (Å²) in [6.45, 7) is 3.56. The van der Waals surface area contributed by atoms with E-state index >= 15 is 0 Å². The van der Waals surface area contributed by atoms with Crippen molar-refractivity contribution in [3.8, 4) is 0 Å². The maximum Gasteiger partial charge on any atom is 0.338 e. The summed E-state index contributed by atoms with van der Waals surface area (Å²) in [5.41, 5.74) is 3.57. The van der Waals surface area contributed by atoms with E-state index in [0.717, 1.165) is 22.4 Å². The molecule has 9 nitrogen and oxygen atoms in total. The number of aromatic amines is 1. The highest BCUT2D eigenvalue weighted by Gasteiger charge is 2.22. The number of rotatable bonds is 10. The highest BCUT2D eigenvalue weighted by Crippen LogP contribution is 2.14. The number of hydrogen-bond donors (Lipinski definition) is 3. The molecule has 3 aromatic carbocycles. The molecule has 1 unspecified atom stereocenters. The number of amides is 1. The van der Waals surface area contributed by atoms with E-state index in [4.69, 9.17) is 4.74 Å². The number of sulfonamides is 1. The van der Waals surface area contributed by atoms with Gasteiger partial charge in [-0.1, -0.05) is 29.8 Å². The van der Waals surface area contributed by atoms with Crippen LogP contribution in [-0.4, -0.2) is 42.9 Å². The summed E-state index contributed by atoms with van der Waals surface area (Å²) in [7, 11) is -3.85. The van der Waals surface area contributed by atoms with Gasteiger partial charge in [-0.05, 0) is 68.8 Å². The van der Waals surface area contributed by atoms with Crippen LogP contribution < -0.4 is 10.0 Å². The van der Waals surface area contributed by atoms with Gasteiger partial charge in [0.15, 0.2) is 0 Å². The van der Waals surface area contributed by atoms with Crippen molar-refractivity contribution >= 4 is 38.6 Å². The van der Waals surface area contributed by atoms with Gasteiger partial charge >= 0.3 is 5.97 Å². The molecular formula is C27H28N4O5S. The van der Waals surface area contributed by atoms with Gasteiger partial charge in [0.25, 0.3) is 0 Å². The molecule has 4 aromatic rings. The van der Waals surface area contributed by atoms with Gasteiger partial charge in [0, 0.05) is 12.1 Å². The number of ether oxygens (including phenoxy) is 1. The van der Waals surface area contributed by atoms with E-state index in [1.54, 1.807) is 36.4 Å². The number of anilines is 1. The number of aryl methyl sites for hydroxylation is 2. The third-order valence-electron chi connectivity index (χ3n) is 5.67. The Hall–Kier alpha value is -4.02. The minimum Gasteiger partial charge on any atom is -0.462 e. The first-order valence-corrected chi connectivity index (χ1v) is 13.3. The minimum atomic E-state index is -3.85. The van der Waals surface area contributed by atoms with Gasteiger partial charge in [-0.2, -0.15) is 4.72 Å². The third-order valence-corrected chi connectivity index (χ3v) is 7.23. The fraction of sp³-hybridized carbons (Fsp3) is 0.222. The Bertz CT molecular complexity index is 1460. The maximum atomic E-state index is 12.5. The molecule has 1 amide bonds. The number of aromatic nitrogens is 2. The van der Waals surface area contributed by atoms with Crippen molar-refractivity contribution in [2.24, 2.45) is 0 Å². The van der Waals surface area contributed by atoms with E-state index in [2.05, 4.69) is 20.0 Å². The Balaban J connectivity index is 1.23. The molecule has 10 heteroatoms. The van der Waals surface area contributed by atoms with Crippen LogP contribution in [0.2, 0.25) is 0 Å². The number of carbonyl (C=O) groups is 2. The highest BCUT2D eigenvalue weighted by molar-refractivity contribution is 7.89. The van der Waals surface area contributed by atoms with Crippen LogP contribution in [0, 0.1) is 6.92 Å². The predicted molar refractivity (Wildman–Crippen MR) is 141 cm³/mol. The number of H-pyrrole nitrogens is 1. The van der Waals surface area contributed by atoms with Crippen LogP contribution in [0.1, 0.15) is 35.1 Å². The summed E-state index contributed by atoms with van der Waals surface area (Å²) in [4.78, 5) is 32.7. The van der Waals surface area contributed by atoms with Gasteiger partial charge in [-0.25, -0.2) is 18.2 Å². The number of hydrogen-bond acceptors (Lipinski definition) is 6. The zero-order valence-electron chi connectivity index (χ0n) is 20.5. The number of fused-ring (bicyclic) bond motifs is 1. The number of nitrogens with one attached hydrogen (secondary N) is 3. The average Bonchev–Trinajstić information content (AvgIpc) is 3.30. The maximum absolute atomic E-state index is 12.5. The van der Waals surface area contributed by atoms with Gasteiger partial charge in [-0.3, -0.25) is 4.79 Å². The number of nitrogens with zero attached hydrogens (tertiary/aromatic N) is 1. The molecule has 0 aliphatic heterocycles. The molecule has 0 aliphatic carbocycles. The summed E-state index contributed by atoms with van der Waals surface area (Å²) < 4.78 is 32.7. The molecule has 4 rings (SSSR count). The molecule has 1 heterocycles. The molecule has 0 aliphatic rings. The lowest BCUT2D eigenvalue weighted by atomic mass is 10.2. The van der Waals surface area contributed by atoms with Crippen LogP contribution >= 0.6 is 0 Å². The number of esters is 1. The van der Waals surface area contributed by atoms with Gasteiger partial charge in [0.05, 0.1) is 34.1 Å². The van der Waals surface area contributed by atoms with Crippen molar-refractivity contribution in [1.82, 2.24) is 14.7 Å². The summed E-state index contributed by atoms with van der Waals surface area (Å²) in [6, 6.07) is 19.3. The van der Waals surface area contributed by atoms with Crippen LogP contribution in [0.15, 0.2) is 77.7 Å². The normalized spacial score (nSPS) is 12.3. The van der Waals surface area contributed by atoms with Crippen molar-refractivity contribution in [2.45, 2.75) is 37.6 Å². The monoisotopic (exact) mass is 520 g/mol. The molecule has 0 saturated heterocycles. The van der Waals surface area contributed by atoms with Crippen LogP contribution in [-0.2, 0) is 26.0 Å². The van der Waals surface area contributed by atoms with Crippen molar-refractivity contribution in [3.05, 3.63) is 89.7 Å². The zero-order chi connectivity index (χ0) is 26.4. The van der Waals surface area contributed by atoms with Gasteiger partial charge in [-0.15, -0.1) is 0 Å². The quantitative estimate of drug-likeness (QED) is 0.214. The molecule has 0 bridgehead atoms. The Labute approximate surface area is 215 Å². The van der Waals surface area contributed by atoms with Gasteiger partial charge in [0.2, 0.25) is 15.9 Å². The highest BCUT2D eigenvalue weighted by atomic mass is 32.2. The Morgan fingerprint density at radius 3 is 2.41 bits per heavy atom. The molecule has 0 spiro atoms. The molecule has 0 saturated carbocycles. The van der Waals surface area contributed by atoms with E-state index in [-0.39, 0.29) is 11.5 Å². The van der Waals surface area contributed by atoms with Crippen molar-refractivity contribution in [1.29, 1.82) is 0 Å². The van der Waals surface area contributed by atoms with E-state index in [9.17, 15) is 18.0 Å². The number of imidazole rings is 1. The number of benzene rings is 3. The fourth-order valence-corrected chi connectivity index (χ4v) is 4.83. The lowest BCUT2D eigenvalue weighted by Crippen LogP contribution is -2.41. The SMILES string of the molecule is Cc1ccc(S(=O)(=O)NC(C)C(=O)Nc2ccc(C(=O)OCCCc3nc4ccccc4[nH]3)cc2)cc1. The van der Waals surface area contributed by atoms with Gasteiger partial charge in [0.1, 0.15) is 5.82 Å². The number of para-hydroxylation sites is 2. The molecule has 192 valence electrons. The molecule has 37 heavy (non-hydrogen) atoms. The number of carbonyl (C=O) groups excluding carboxylic acids is 2. The smallest absolute Gasteiger partial charge is 0.338 e. The summed E-state index contributed by atoms with van der Waals surface area (Å²) in [5, 5.41) is 2.64. The predicted octanol–water partition coefficient (Wildman–Crippen LogP) is 3.97. The first kappa shape index (κ1) is 26.1. The van der Waals surface area contributed by atoms with Crippen molar-refractivity contribution < 1.29 is 22.7 Å². The standard InChI is InChI=1S/C27H28N4O5S/c1-18-9-15-22(16-10-18)37(34,35)31-19(2)26(32)28-21-13-11-20(12-14-21)27(33)36-17-5-8-25-29-23-6-3-4-7-24(23)30-25/h3-4,6-7,9-16,19,31H,5,8,17H2,1-2H3,(H,28,32)(H,29,30). The Morgan fingerprint density at radius 2 is 1.70 bits per heavy atom. The van der Waals surface area contributed by atoms with E-state index in [1.807, 2.05) is 31.2 Å². The Kier molecular flexibility index (Phi) is 8.00. The minimum absolute atomic E-state index is 0.0817. The molecular weight excluding hydrogens is 492 g/mol. The van der Waals surface area contributed by atoms with E-state index in [1.165, 1.54) is 19.1 Å². The molecule has 0 fully saturated rings.